The summed E-state index contributed by atoms with van der Waals surface area (Å²) < 4.78 is 12.9. The molecule has 0 radical (unpaired) electrons. The van der Waals surface area contributed by atoms with Crippen molar-refractivity contribution in [3.63, 3.8) is 0 Å². The molecule has 0 saturated heterocycles. The Hall–Kier alpha value is -2.41. The normalized spacial score (nSPS) is 14.2. The van der Waals surface area contributed by atoms with Crippen molar-refractivity contribution in [2.24, 2.45) is 0 Å². The number of nitrogens with one attached hydrogen (secondary N) is 1. The summed E-state index contributed by atoms with van der Waals surface area (Å²) >= 11 is 0. The number of ether oxygens (including phenoxy) is 2. The molecule has 1 aromatic heterocycles. The number of hydrogen-bond donors (Lipinski definition) is 1. The molecule has 1 aliphatic heterocycles. The number of aryl methyl sites for hydroxylation is 1. The second-order valence-electron chi connectivity index (χ2n) is 5.81. The third kappa shape index (κ3) is 3.73. The number of aromatic nitrogens is 3. The van der Waals surface area contributed by atoms with Crippen LogP contribution in [-0.4, -0.2) is 33.9 Å². The average molecular weight is 330 g/mol. The van der Waals surface area contributed by atoms with Crippen LogP contribution in [0.15, 0.2) is 24.3 Å². The van der Waals surface area contributed by atoms with Gasteiger partial charge in [-0.25, -0.2) is 0 Å². The Labute approximate surface area is 141 Å². The molecule has 1 atom stereocenters. The predicted molar refractivity (Wildman–Crippen MR) is 87.4 cm³/mol. The number of benzene rings is 1. The highest BCUT2D eigenvalue weighted by atomic mass is 16.5. The predicted octanol–water partition coefficient (Wildman–Crippen LogP) is 1.45. The highest BCUT2D eigenvalue weighted by Gasteiger charge is 2.19. The molecule has 0 unspecified atom stereocenters. The zero-order chi connectivity index (χ0) is 16.9. The molecule has 0 saturated carbocycles. The van der Waals surface area contributed by atoms with Crippen LogP contribution in [0.5, 0.6) is 5.75 Å². The van der Waals surface area contributed by atoms with Gasteiger partial charge in [0.25, 0.3) is 0 Å². The van der Waals surface area contributed by atoms with Crippen molar-refractivity contribution in [3.05, 3.63) is 41.5 Å². The first-order valence-corrected chi connectivity index (χ1v) is 8.10. The summed E-state index contributed by atoms with van der Waals surface area (Å²) in [6, 6.07) is 7.60. The maximum absolute atomic E-state index is 12.2. The number of amides is 1. The molecule has 2 aromatic rings. The smallest absolute Gasteiger partial charge is 0.249 e. The minimum absolute atomic E-state index is 0.159. The van der Waals surface area contributed by atoms with Crippen LogP contribution in [0.4, 0.5) is 0 Å². The molecular weight excluding hydrogens is 308 g/mol. The molecule has 1 N–H and O–H groups in total. The Kier molecular flexibility index (Phi) is 5.10. The molecule has 0 spiro atoms. The van der Waals surface area contributed by atoms with Gasteiger partial charge in [-0.2, -0.15) is 0 Å². The Morgan fingerprint density at radius 3 is 3.12 bits per heavy atom. The topological polar surface area (TPSA) is 78.3 Å². The fourth-order valence-corrected chi connectivity index (χ4v) is 2.71. The minimum atomic E-state index is -0.544. The maximum Gasteiger partial charge on any atom is 0.249 e. The van der Waals surface area contributed by atoms with E-state index in [1.165, 1.54) is 0 Å². The third-order valence-corrected chi connectivity index (χ3v) is 4.11. The third-order valence-electron chi connectivity index (χ3n) is 4.11. The minimum Gasteiger partial charge on any atom is -0.497 e. The van der Waals surface area contributed by atoms with E-state index in [1.807, 2.05) is 24.3 Å². The molecular formula is C17H22N4O3. The summed E-state index contributed by atoms with van der Waals surface area (Å²) in [6.45, 7) is 3.39. The summed E-state index contributed by atoms with van der Waals surface area (Å²) in [5.41, 5.74) is 0.962. The lowest BCUT2D eigenvalue weighted by molar-refractivity contribution is -0.132. The first-order chi connectivity index (χ1) is 11.7. The molecule has 3 rings (SSSR count). The van der Waals surface area contributed by atoms with Gasteiger partial charge < -0.3 is 19.4 Å². The molecule has 0 fully saturated rings. The van der Waals surface area contributed by atoms with E-state index in [1.54, 1.807) is 14.0 Å². The van der Waals surface area contributed by atoms with Gasteiger partial charge in [0, 0.05) is 13.0 Å². The van der Waals surface area contributed by atoms with Gasteiger partial charge >= 0.3 is 0 Å². The molecule has 24 heavy (non-hydrogen) atoms. The first kappa shape index (κ1) is 16.4. The van der Waals surface area contributed by atoms with Gasteiger partial charge in [0.05, 0.1) is 20.3 Å². The van der Waals surface area contributed by atoms with E-state index < -0.39 is 6.10 Å². The van der Waals surface area contributed by atoms with Gasteiger partial charge in [-0.05, 0) is 31.0 Å². The van der Waals surface area contributed by atoms with Gasteiger partial charge in [-0.3, -0.25) is 4.79 Å². The molecule has 128 valence electrons. The molecule has 1 amide bonds. The molecule has 7 heteroatoms. The SMILES string of the molecule is COc1cccc(CO[C@H](C)C(=O)NCc2nnc3n2CCC3)c1. The number of carbonyl (C=O) groups is 1. The summed E-state index contributed by atoms with van der Waals surface area (Å²) in [6.07, 6.45) is 1.50. The molecule has 7 nitrogen and oxygen atoms in total. The Morgan fingerprint density at radius 1 is 1.42 bits per heavy atom. The zero-order valence-corrected chi connectivity index (χ0v) is 14.0. The van der Waals surface area contributed by atoms with Crippen LogP contribution in [0.2, 0.25) is 0 Å². The molecule has 1 aromatic carbocycles. The van der Waals surface area contributed by atoms with Crippen LogP contribution in [0, 0.1) is 0 Å². The number of carbonyl (C=O) groups excluding carboxylic acids is 1. The van der Waals surface area contributed by atoms with Gasteiger partial charge in [-0.1, -0.05) is 12.1 Å². The van der Waals surface area contributed by atoms with Crippen molar-refractivity contribution < 1.29 is 14.3 Å². The molecule has 0 bridgehead atoms. The van der Waals surface area contributed by atoms with Crippen molar-refractivity contribution in [3.8, 4) is 5.75 Å². The average Bonchev–Trinajstić information content (AvgIpc) is 3.21. The lowest BCUT2D eigenvalue weighted by Crippen LogP contribution is -2.34. The Balaban J connectivity index is 1.47. The fourth-order valence-electron chi connectivity index (χ4n) is 2.71. The van der Waals surface area contributed by atoms with Gasteiger partial charge in [0.15, 0.2) is 5.82 Å². The lowest BCUT2D eigenvalue weighted by Gasteiger charge is -2.14. The van der Waals surface area contributed by atoms with E-state index in [9.17, 15) is 4.79 Å². The number of fused-ring (bicyclic) bond motifs is 1. The van der Waals surface area contributed by atoms with E-state index in [2.05, 4.69) is 20.1 Å². The van der Waals surface area contributed by atoms with Crippen LogP contribution < -0.4 is 10.1 Å². The monoisotopic (exact) mass is 330 g/mol. The van der Waals surface area contributed by atoms with Gasteiger partial charge in [-0.15, -0.1) is 10.2 Å². The van der Waals surface area contributed by atoms with Crippen LogP contribution in [0.1, 0.15) is 30.6 Å². The summed E-state index contributed by atoms with van der Waals surface area (Å²) in [5.74, 6) is 2.42. The molecule has 2 heterocycles. The van der Waals surface area contributed by atoms with Gasteiger partial charge in [0.1, 0.15) is 17.7 Å². The van der Waals surface area contributed by atoms with Crippen LogP contribution in [0.25, 0.3) is 0 Å². The highest BCUT2D eigenvalue weighted by molar-refractivity contribution is 5.80. The lowest BCUT2D eigenvalue weighted by atomic mass is 10.2. The second kappa shape index (κ2) is 7.44. The van der Waals surface area contributed by atoms with Crippen LogP contribution in [0.3, 0.4) is 0 Å². The van der Waals surface area contributed by atoms with E-state index >= 15 is 0 Å². The quantitative estimate of drug-likeness (QED) is 0.831. The number of hydrogen-bond acceptors (Lipinski definition) is 5. The summed E-state index contributed by atoms with van der Waals surface area (Å²) in [5, 5.41) is 11.1. The number of rotatable bonds is 7. The second-order valence-corrected chi connectivity index (χ2v) is 5.81. The first-order valence-electron chi connectivity index (χ1n) is 8.10. The standard InChI is InChI=1S/C17H22N4O3/c1-12(24-11-13-5-3-6-14(9-13)23-2)17(22)18-10-16-20-19-15-7-4-8-21(15)16/h3,5-6,9,12H,4,7-8,10-11H2,1-2H3,(H,18,22)/t12-/m1/s1. The highest BCUT2D eigenvalue weighted by Crippen LogP contribution is 2.15. The number of methoxy groups -OCH3 is 1. The molecule has 1 aliphatic rings. The van der Waals surface area contributed by atoms with Crippen LogP contribution >= 0.6 is 0 Å². The summed E-state index contributed by atoms with van der Waals surface area (Å²) in [4.78, 5) is 12.2. The van der Waals surface area contributed by atoms with Crippen molar-refractivity contribution >= 4 is 5.91 Å². The fraction of sp³-hybridized carbons (Fsp3) is 0.471. The molecule has 0 aliphatic carbocycles. The zero-order valence-electron chi connectivity index (χ0n) is 14.0. The van der Waals surface area contributed by atoms with E-state index in [-0.39, 0.29) is 5.91 Å². The Bertz CT molecular complexity index is 714. The van der Waals surface area contributed by atoms with E-state index in [0.717, 1.165) is 42.3 Å². The van der Waals surface area contributed by atoms with Crippen molar-refractivity contribution in [2.45, 2.75) is 45.6 Å². The largest absolute Gasteiger partial charge is 0.497 e. The van der Waals surface area contributed by atoms with Gasteiger partial charge in [0.2, 0.25) is 5.91 Å². The van der Waals surface area contributed by atoms with E-state index in [0.29, 0.717) is 13.2 Å². The summed E-state index contributed by atoms with van der Waals surface area (Å²) in [7, 11) is 1.62. The number of nitrogens with zero attached hydrogens (tertiary/aromatic N) is 3. The maximum atomic E-state index is 12.2. The van der Waals surface area contributed by atoms with Crippen molar-refractivity contribution in [1.82, 2.24) is 20.1 Å². The van der Waals surface area contributed by atoms with Crippen molar-refractivity contribution in [2.75, 3.05) is 7.11 Å². The van der Waals surface area contributed by atoms with E-state index in [4.69, 9.17) is 9.47 Å². The van der Waals surface area contributed by atoms with Crippen LogP contribution in [-0.2, 0) is 35.6 Å². The Morgan fingerprint density at radius 2 is 2.29 bits per heavy atom. The van der Waals surface area contributed by atoms with Crippen molar-refractivity contribution in [1.29, 1.82) is 0 Å².